The van der Waals surface area contributed by atoms with E-state index < -0.39 is 0 Å². The first kappa shape index (κ1) is 17.9. The van der Waals surface area contributed by atoms with Crippen molar-refractivity contribution in [3.8, 4) is 5.82 Å². The van der Waals surface area contributed by atoms with Crippen molar-refractivity contribution >= 4 is 12.4 Å². The van der Waals surface area contributed by atoms with Gasteiger partial charge >= 0.3 is 0 Å². The van der Waals surface area contributed by atoms with E-state index in [0.717, 1.165) is 37.6 Å². The van der Waals surface area contributed by atoms with E-state index in [-0.39, 0.29) is 12.4 Å². The smallest absolute Gasteiger partial charge is 0.153 e. The normalized spacial score (nSPS) is 21.9. The molecule has 2 atom stereocenters. The highest BCUT2D eigenvalue weighted by Gasteiger charge is 2.24. The molecule has 3 heterocycles. The van der Waals surface area contributed by atoms with Crippen LogP contribution in [0.1, 0.15) is 30.3 Å². The van der Waals surface area contributed by atoms with Gasteiger partial charge in [0.15, 0.2) is 5.82 Å². The standard InChI is InChI=1S/C17H25N5.ClH/c1-12-10-21(9-7-16(12)18)11-15-13(2)20-22(14(15)3)17-6-4-5-8-19-17;/h4-6,8,12,16H,7,9-11,18H2,1-3H3;1H. The van der Waals surface area contributed by atoms with Gasteiger partial charge in [-0.25, -0.2) is 9.67 Å². The summed E-state index contributed by atoms with van der Waals surface area (Å²) in [5.41, 5.74) is 9.70. The number of pyridine rings is 1. The average molecular weight is 336 g/mol. The van der Waals surface area contributed by atoms with E-state index >= 15 is 0 Å². The number of aromatic nitrogens is 3. The zero-order chi connectivity index (χ0) is 15.7. The molecule has 0 aliphatic carbocycles. The molecule has 2 aromatic heterocycles. The molecule has 0 saturated carbocycles. The van der Waals surface area contributed by atoms with Gasteiger partial charge in [0.1, 0.15) is 0 Å². The maximum Gasteiger partial charge on any atom is 0.153 e. The Labute approximate surface area is 144 Å². The summed E-state index contributed by atoms with van der Waals surface area (Å²) in [5, 5.41) is 4.68. The van der Waals surface area contributed by atoms with E-state index in [9.17, 15) is 0 Å². The van der Waals surface area contributed by atoms with Crippen molar-refractivity contribution in [1.29, 1.82) is 0 Å². The lowest BCUT2D eigenvalue weighted by molar-refractivity contribution is 0.157. The number of piperidine rings is 1. The van der Waals surface area contributed by atoms with Crippen LogP contribution in [0.3, 0.4) is 0 Å². The van der Waals surface area contributed by atoms with Crippen molar-refractivity contribution in [2.24, 2.45) is 11.7 Å². The minimum Gasteiger partial charge on any atom is -0.327 e. The highest BCUT2D eigenvalue weighted by atomic mass is 35.5. The van der Waals surface area contributed by atoms with Gasteiger partial charge in [0, 0.05) is 36.6 Å². The molecule has 23 heavy (non-hydrogen) atoms. The molecule has 1 saturated heterocycles. The number of likely N-dealkylation sites (tertiary alicyclic amines) is 1. The number of nitrogens with zero attached hydrogens (tertiary/aromatic N) is 4. The fraction of sp³-hybridized carbons (Fsp3) is 0.529. The molecule has 2 N–H and O–H groups in total. The Hall–Kier alpha value is -1.43. The maximum absolute atomic E-state index is 6.12. The predicted octanol–water partition coefficient (Wildman–Crippen LogP) is 2.48. The zero-order valence-corrected chi connectivity index (χ0v) is 14.9. The molecule has 1 fully saturated rings. The van der Waals surface area contributed by atoms with Gasteiger partial charge in [-0.15, -0.1) is 12.4 Å². The van der Waals surface area contributed by atoms with Crippen LogP contribution in [0.15, 0.2) is 24.4 Å². The Bertz CT molecular complexity index is 640. The lowest BCUT2D eigenvalue weighted by Gasteiger charge is -2.35. The summed E-state index contributed by atoms with van der Waals surface area (Å²) in [6, 6.07) is 6.25. The SMILES string of the molecule is Cc1nn(-c2ccccn2)c(C)c1CN1CCC(N)C(C)C1.Cl. The van der Waals surface area contributed by atoms with E-state index in [1.807, 2.05) is 22.9 Å². The van der Waals surface area contributed by atoms with E-state index in [0.29, 0.717) is 12.0 Å². The van der Waals surface area contributed by atoms with Crippen LogP contribution >= 0.6 is 12.4 Å². The van der Waals surface area contributed by atoms with Crippen molar-refractivity contribution < 1.29 is 0 Å². The lowest BCUT2D eigenvalue weighted by Crippen LogP contribution is -2.45. The fourth-order valence-corrected chi connectivity index (χ4v) is 3.22. The van der Waals surface area contributed by atoms with Gasteiger partial charge < -0.3 is 5.73 Å². The lowest BCUT2D eigenvalue weighted by atomic mass is 9.94. The van der Waals surface area contributed by atoms with Gasteiger partial charge in [-0.2, -0.15) is 5.10 Å². The van der Waals surface area contributed by atoms with Crippen LogP contribution in [-0.2, 0) is 6.54 Å². The van der Waals surface area contributed by atoms with Crippen LogP contribution in [0, 0.1) is 19.8 Å². The molecule has 2 unspecified atom stereocenters. The minimum absolute atomic E-state index is 0. The van der Waals surface area contributed by atoms with Crippen molar-refractivity contribution in [3.05, 3.63) is 41.3 Å². The zero-order valence-electron chi connectivity index (χ0n) is 14.1. The predicted molar refractivity (Wildman–Crippen MR) is 95.1 cm³/mol. The third-order valence-corrected chi connectivity index (χ3v) is 4.74. The van der Waals surface area contributed by atoms with Gasteiger partial charge in [-0.3, -0.25) is 4.90 Å². The second kappa shape index (κ2) is 7.43. The molecule has 6 heteroatoms. The molecule has 2 aromatic rings. The first-order valence-electron chi connectivity index (χ1n) is 8.00. The molecule has 0 aromatic carbocycles. The molecular formula is C17H26ClN5. The Balaban J connectivity index is 0.00000192. The second-order valence-electron chi connectivity index (χ2n) is 6.41. The van der Waals surface area contributed by atoms with Crippen molar-refractivity contribution in [1.82, 2.24) is 19.7 Å². The van der Waals surface area contributed by atoms with Crippen molar-refractivity contribution in [3.63, 3.8) is 0 Å². The first-order chi connectivity index (χ1) is 10.6. The molecule has 3 rings (SSSR count). The van der Waals surface area contributed by atoms with Gasteiger partial charge in [-0.05, 0) is 44.9 Å². The van der Waals surface area contributed by atoms with Gasteiger partial charge in [0.05, 0.1) is 5.69 Å². The van der Waals surface area contributed by atoms with Crippen LogP contribution in [0.4, 0.5) is 0 Å². The summed E-state index contributed by atoms with van der Waals surface area (Å²) in [6.07, 6.45) is 2.88. The van der Waals surface area contributed by atoms with Crippen LogP contribution in [0.2, 0.25) is 0 Å². The Morgan fingerprint density at radius 1 is 1.30 bits per heavy atom. The highest BCUT2D eigenvalue weighted by molar-refractivity contribution is 5.85. The summed E-state index contributed by atoms with van der Waals surface area (Å²) in [4.78, 5) is 6.90. The van der Waals surface area contributed by atoms with E-state index in [4.69, 9.17) is 5.73 Å². The molecular weight excluding hydrogens is 310 g/mol. The van der Waals surface area contributed by atoms with Crippen LogP contribution in [-0.4, -0.2) is 38.8 Å². The molecule has 1 aliphatic heterocycles. The van der Waals surface area contributed by atoms with E-state index in [1.165, 1.54) is 11.3 Å². The summed E-state index contributed by atoms with van der Waals surface area (Å²) in [5.74, 6) is 1.43. The quantitative estimate of drug-likeness (QED) is 0.936. The molecule has 0 radical (unpaired) electrons. The summed E-state index contributed by atoms with van der Waals surface area (Å²) < 4.78 is 1.95. The fourth-order valence-electron chi connectivity index (χ4n) is 3.22. The third kappa shape index (κ3) is 3.74. The molecule has 5 nitrogen and oxygen atoms in total. The Morgan fingerprint density at radius 2 is 2.09 bits per heavy atom. The summed E-state index contributed by atoms with van der Waals surface area (Å²) in [6.45, 7) is 9.54. The Morgan fingerprint density at radius 3 is 2.74 bits per heavy atom. The number of aryl methyl sites for hydroxylation is 1. The number of nitrogens with two attached hydrogens (primary N) is 1. The topological polar surface area (TPSA) is 60.0 Å². The first-order valence-corrected chi connectivity index (χ1v) is 8.00. The highest BCUT2D eigenvalue weighted by Crippen LogP contribution is 2.22. The molecule has 0 amide bonds. The number of hydrogen-bond donors (Lipinski definition) is 1. The maximum atomic E-state index is 6.12. The molecule has 0 spiro atoms. The number of halogens is 1. The molecule has 0 bridgehead atoms. The minimum atomic E-state index is 0. The van der Waals surface area contributed by atoms with Crippen LogP contribution in [0.5, 0.6) is 0 Å². The second-order valence-corrected chi connectivity index (χ2v) is 6.41. The van der Waals surface area contributed by atoms with Crippen LogP contribution < -0.4 is 5.73 Å². The average Bonchev–Trinajstić information content (AvgIpc) is 2.80. The monoisotopic (exact) mass is 335 g/mol. The largest absolute Gasteiger partial charge is 0.327 e. The van der Waals surface area contributed by atoms with Gasteiger partial charge in [0.25, 0.3) is 0 Å². The molecule has 126 valence electrons. The summed E-state index contributed by atoms with van der Waals surface area (Å²) in [7, 11) is 0. The third-order valence-electron chi connectivity index (χ3n) is 4.74. The number of rotatable bonds is 3. The summed E-state index contributed by atoms with van der Waals surface area (Å²) >= 11 is 0. The van der Waals surface area contributed by atoms with Crippen LogP contribution in [0.25, 0.3) is 5.82 Å². The van der Waals surface area contributed by atoms with Crippen molar-refractivity contribution in [2.45, 2.75) is 39.8 Å². The van der Waals surface area contributed by atoms with Gasteiger partial charge in [-0.1, -0.05) is 13.0 Å². The van der Waals surface area contributed by atoms with E-state index in [1.54, 1.807) is 6.20 Å². The molecule has 1 aliphatic rings. The van der Waals surface area contributed by atoms with Crippen molar-refractivity contribution in [2.75, 3.05) is 13.1 Å². The van der Waals surface area contributed by atoms with E-state index in [2.05, 4.69) is 35.8 Å². The Kier molecular flexibility index (Phi) is 5.79. The number of hydrogen-bond acceptors (Lipinski definition) is 4. The van der Waals surface area contributed by atoms with Gasteiger partial charge in [0.2, 0.25) is 0 Å².